The van der Waals surface area contributed by atoms with Crippen molar-refractivity contribution in [2.75, 3.05) is 20.3 Å². The van der Waals surface area contributed by atoms with Crippen LogP contribution in [-0.2, 0) is 14.3 Å². The van der Waals surface area contributed by atoms with Gasteiger partial charge in [-0.1, -0.05) is 20.8 Å². The SMILES string of the molecule is COC(=O)C(C)(C)COCCC(C)(C)C. The molecule has 0 radical (unpaired) electrons. The van der Waals surface area contributed by atoms with E-state index in [1.54, 1.807) is 0 Å². The van der Waals surface area contributed by atoms with Gasteiger partial charge in [0.15, 0.2) is 0 Å². The first-order chi connectivity index (χ1) is 6.69. The molecule has 3 nitrogen and oxygen atoms in total. The fraction of sp³-hybridized carbons (Fsp3) is 0.917. The highest BCUT2D eigenvalue weighted by molar-refractivity contribution is 5.75. The summed E-state index contributed by atoms with van der Waals surface area (Å²) in [4.78, 5) is 11.3. The summed E-state index contributed by atoms with van der Waals surface area (Å²) >= 11 is 0. The Morgan fingerprint density at radius 1 is 1.13 bits per heavy atom. The van der Waals surface area contributed by atoms with Crippen LogP contribution in [0.4, 0.5) is 0 Å². The summed E-state index contributed by atoms with van der Waals surface area (Å²) in [5.74, 6) is -0.224. The second-order valence-electron chi connectivity index (χ2n) is 5.74. The maximum Gasteiger partial charge on any atom is 0.313 e. The molecule has 90 valence electrons. The average Bonchev–Trinajstić information content (AvgIpc) is 2.09. The van der Waals surface area contributed by atoms with Crippen molar-refractivity contribution < 1.29 is 14.3 Å². The summed E-state index contributed by atoms with van der Waals surface area (Å²) in [6, 6.07) is 0. The monoisotopic (exact) mass is 216 g/mol. The Labute approximate surface area is 93.1 Å². The van der Waals surface area contributed by atoms with Crippen LogP contribution in [0.3, 0.4) is 0 Å². The fourth-order valence-electron chi connectivity index (χ4n) is 1.04. The second-order valence-corrected chi connectivity index (χ2v) is 5.74. The van der Waals surface area contributed by atoms with Gasteiger partial charge in [-0.2, -0.15) is 0 Å². The van der Waals surface area contributed by atoms with Crippen LogP contribution in [0.5, 0.6) is 0 Å². The molecule has 0 aromatic rings. The van der Waals surface area contributed by atoms with Gasteiger partial charge < -0.3 is 9.47 Å². The first-order valence-corrected chi connectivity index (χ1v) is 5.35. The van der Waals surface area contributed by atoms with E-state index in [0.717, 1.165) is 6.42 Å². The van der Waals surface area contributed by atoms with Gasteiger partial charge in [-0.05, 0) is 25.7 Å². The Hall–Kier alpha value is -0.570. The maximum atomic E-state index is 11.3. The van der Waals surface area contributed by atoms with Crippen LogP contribution in [0, 0.1) is 10.8 Å². The molecule has 0 N–H and O–H groups in total. The van der Waals surface area contributed by atoms with Crippen molar-refractivity contribution >= 4 is 5.97 Å². The lowest BCUT2D eigenvalue weighted by molar-refractivity contribution is -0.154. The molecule has 15 heavy (non-hydrogen) atoms. The largest absolute Gasteiger partial charge is 0.469 e. The smallest absolute Gasteiger partial charge is 0.313 e. The summed E-state index contributed by atoms with van der Waals surface area (Å²) in [5.41, 5.74) is -0.276. The highest BCUT2D eigenvalue weighted by Gasteiger charge is 2.29. The van der Waals surface area contributed by atoms with Gasteiger partial charge in [0.2, 0.25) is 0 Å². The van der Waals surface area contributed by atoms with Crippen LogP contribution in [0.15, 0.2) is 0 Å². The molecule has 0 aromatic heterocycles. The minimum Gasteiger partial charge on any atom is -0.469 e. The van der Waals surface area contributed by atoms with Gasteiger partial charge in [-0.15, -0.1) is 0 Å². The molecular weight excluding hydrogens is 192 g/mol. The van der Waals surface area contributed by atoms with Crippen LogP contribution in [-0.4, -0.2) is 26.3 Å². The van der Waals surface area contributed by atoms with E-state index >= 15 is 0 Å². The Kier molecular flexibility index (Phi) is 5.29. The standard InChI is InChI=1S/C12H24O3/c1-11(2,3)7-8-15-9-12(4,5)10(13)14-6/h7-9H2,1-6H3. The van der Waals surface area contributed by atoms with E-state index in [9.17, 15) is 4.79 Å². The van der Waals surface area contributed by atoms with E-state index in [1.165, 1.54) is 7.11 Å². The van der Waals surface area contributed by atoms with Gasteiger partial charge in [0.05, 0.1) is 19.1 Å². The fourth-order valence-corrected chi connectivity index (χ4v) is 1.04. The molecule has 0 fully saturated rings. The summed E-state index contributed by atoms with van der Waals surface area (Å²) < 4.78 is 10.2. The summed E-state index contributed by atoms with van der Waals surface area (Å²) in [5, 5.41) is 0. The molecule has 0 bridgehead atoms. The lowest BCUT2D eigenvalue weighted by Gasteiger charge is -2.23. The zero-order chi connectivity index (χ0) is 12.1. The summed E-state index contributed by atoms with van der Waals surface area (Å²) in [6.07, 6.45) is 0.990. The Bertz CT molecular complexity index is 201. The van der Waals surface area contributed by atoms with Crippen molar-refractivity contribution in [3.63, 3.8) is 0 Å². The molecule has 0 aromatic carbocycles. The zero-order valence-electron chi connectivity index (χ0n) is 10.8. The van der Waals surface area contributed by atoms with Crippen molar-refractivity contribution in [2.24, 2.45) is 10.8 Å². The molecule has 0 atom stereocenters. The van der Waals surface area contributed by atoms with Crippen molar-refractivity contribution in [3.05, 3.63) is 0 Å². The number of hydrogen-bond donors (Lipinski definition) is 0. The van der Waals surface area contributed by atoms with Crippen LogP contribution in [0.25, 0.3) is 0 Å². The van der Waals surface area contributed by atoms with Gasteiger partial charge in [0.1, 0.15) is 0 Å². The lowest BCUT2D eigenvalue weighted by atomic mass is 9.92. The highest BCUT2D eigenvalue weighted by atomic mass is 16.5. The van der Waals surface area contributed by atoms with E-state index in [0.29, 0.717) is 13.2 Å². The van der Waals surface area contributed by atoms with Crippen LogP contribution in [0.1, 0.15) is 41.0 Å². The molecule has 0 spiro atoms. The quantitative estimate of drug-likeness (QED) is 0.523. The van der Waals surface area contributed by atoms with Gasteiger partial charge in [-0.25, -0.2) is 0 Å². The molecule has 0 amide bonds. The van der Waals surface area contributed by atoms with Crippen molar-refractivity contribution in [2.45, 2.75) is 41.0 Å². The highest BCUT2D eigenvalue weighted by Crippen LogP contribution is 2.20. The minimum atomic E-state index is -0.549. The third-order valence-corrected chi connectivity index (χ3v) is 2.20. The number of hydrogen-bond acceptors (Lipinski definition) is 3. The molecule has 0 saturated heterocycles. The third-order valence-electron chi connectivity index (χ3n) is 2.20. The topological polar surface area (TPSA) is 35.5 Å². The first kappa shape index (κ1) is 14.4. The second kappa shape index (κ2) is 5.50. The number of carbonyl (C=O) groups is 1. The van der Waals surface area contributed by atoms with E-state index in [-0.39, 0.29) is 11.4 Å². The number of esters is 1. The van der Waals surface area contributed by atoms with E-state index in [4.69, 9.17) is 9.47 Å². The number of carbonyl (C=O) groups excluding carboxylic acids is 1. The Morgan fingerprint density at radius 2 is 1.67 bits per heavy atom. The molecule has 0 aliphatic rings. The number of ether oxygens (including phenoxy) is 2. The maximum absolute atomic E-state index is 11.3. The van der Waals surface area contributed by atoms with Crippen molar-refractivity contribution in [3.8, 4) is 0 Å². The van der Waals surface area contributed by atoms with E-state index in [2.05, 4.69) is 20.8 Å². The Morgan fingerprint density at radius 3 is 2.07 bits per heavy atom. The Balaban J connectivity index is 3.81. The molecule has 0 rings (SSSR count). The molecule has 0 aliphatic heterocycles. The molecule has 0 aliphatic carbocycles. The van der Waals surface area contributed by atoms with Crippen molar-refractivity contribution in [1.29, 1.82) is 0 Å². The van der Waals surface area contributed by atoms with Crippen LogP contribution >= 0.6 is 0 Å². The minimum absolute atomic E-state index is 0.224. The predicted octanol–water partition coefficient (Wildman–Crippen LogP) is 2.64. The lowest BCUT2D eigenvalue weighted by Crippen LogP contribution is -2.31. The van der Waals surface area contributed by atoms with Gasteiger partial charge in [-0.3, -0.25) is 4.79 Å². The van der Waals surface area contributed by atoms with E-state index in [1.807, 2.05) is 13.8 Å². The zero-order valence-corrected chi connectivity index (χ0v) is 10.8. The van der Waals surface area contributed by atoms with Crippen LogP contribution in [0.2, 0.25) is 0 Å². The first-order valence-electron chi connectivity index (χ1n) is 5.35. The molecule has 0 unspecified atom stereocenters. The summed E-state index contributed by atoms with van der Waals surface area (Å²) in [7, 11) is 1.40. The molecule has 3 heteroatoms. The van der Waals surface area contributed by atoms with Gasteiger partial charge in [0, 0.05) is 6.61 Å². The summed E-state index contributed by atoms with van der Waals surface area (Å²) in [6.45, 7) is 11.3. The number of methoxy groups -OCH3 is 1. The molecule has 0 heterocycles. The predicted molar refractivity (Wildman–Crippen MR) is 60.7 cm³/mol. The number of rotatable bonds is 5. The normalized spacial score (nSPS) is 12.7. The van der Waals surface area contributed by atoms with Gasteiger partial charge in [0.25, 0.3) is 0 Å². The molecule has 0 saturated carbocycles. The molecular formula is C12H24O3. The average molecular weight is 216 g/mol. The third kappa shape index (κ3) is 6.50. The van der Waals surface area contributed by atoms with Crippen LogP contribution < -0.4 is 0 Å². The van der Waals surface area contributed by atoms with Gasteiger partial charge >= 0.3 is 5.97 Å². The van der Waals surface area contributed by atoms with Crippen molar-refractivity contribution in [1.82, 2.24) is 0 Å². The van der Waals surface area contributed by atoms with E-state index < -0.39 is 5.41 Å².